The number of nitrogens with zero attached hydrogens (tertiary/aromatic N) is 2. The first-order chi connectivity index (χ1) is 16.5. The van der Waals surface area contributed by atoms with E-state index in [-0.39, 0.29) is 5.82 Å². The van der Waals surface area contributed by atoms with Crippen LogP contribution in [-0.2, 0) is 22.7 Å². The minimum Gasteiger partial charge on any atom is -0.389 e. The normalized spacial score (nSPS) is 23.8. The summed E-state index contributed by atoms with van der Waals surface area (Å²) >= 11 is 0. The van der Waals surface area contributed by atoms with E-state index in [2.05, 4.69) is 18.1 Å². The van der Waals surface area contributed by atoms with Crippen molar-refractivity contribution >= 4 is 15.9 Å². The molecule has 0 unspecified atom stereocenters. The summed E-state index contributed by atoms with van der Waals surface area (Å²) in [4.78, 5) is 0.365. The van der Waals surface area contributed by atoms with E-state index in [0.717, 1.165) is 28.9 Å². The van der Waals surface area contributed by atoms with Crippen LogP contribution >= 0.6 is 0 Å². The Labute approximate surface area is 206 Å². The lowest BCUT2D eigenvalue weighted by Gasteiger charge is -2.42. The van der Waals surface area contributed by atoms with Gasteiger partial charge in [0.15, 0.2) is 9.84 Å². The standard InChI is InChI=1S/C28H31FN2O3S/c1-19(2)35(33,34)26-7-5-4-6-20(26)12-14-28(32)15-13-22-16-25-21(17-27(22,28)3)18-30-31(25)24-10-8-23(29)9-11-24/h4-11,16,18-19,32H,12-15,17H2,1-3H3/t27-,28-/m0/s1. The summed E-state index contributed by atoms with van der Waals surface area (Å²) in [6.07, 6.45) is 6.98. The van der Waals surface area contributed by atoms with Crippen molar-refractivity contribution in [3.05, 3.63) is 82.9 Å². The fourth-order valence-corrected chi connectivity index (χ4v) is 7.01. The number of aromatic nitrogens is 2. The Hall–Kier alpha value is -2.77. The molecule has 7 heteroatoms. The lowest BCUT2D eigenvalue weighted by Crippen LogP contribution is -2.45. The number of fused-ring (bicyclic) bond motifs is 2. The Bertz CT molecular complexity index is 1410. The summed E-state index contributed by atoms with van der Waals surface area (Å²) in [6, 6.07) is 13.4. The van der Waals surface area contributed by atoms with Gasteiger partial charge in [-0.25, -0.2) is 17.5 Å². The van der Waals surface area contributed by atoms with Crippen LogP contribution in [-0.4, -0.2) is 34.2 Å². The van der Waals surface area contributed by atoms with Crippen LogP contribution in [0.5, 0.6) is 0 Å². The summed E-state index contributed by atoms with van der Waals surface area (Å²) in [5, 5.41) is 16.0. The highest BCUT2D eigenvalue weighted by Gasteiger charge is 2.54. The SMILES string of the molecule is CC(C)S(=O)(=O)c1ccccc1CC[C@]1(O)CCC2=Cc3c(cnn3-c3ccc(F)cc3)C[C@@]21C. The van der Waals surface area contributed by atoms with Crippen LogP contribution in [0.3, 0.4) is 0 Å². The number of sulfone groups is 1. The number of hydrogen-bond acceptors (Lipinski definition) is 4. The fraction of sp³-hybridized carbons (Fsp3) is 0.393. The van der Waals surface area contributed by atoms with Gasteiger partial charge in [-0.3, -0.25) is 0 Å². The summed E-state index contributed by atoms with van der Waals surface area (Å²) in [6.45, 7) is 5.50. The maximum atomic E-state index is 13.4. The van der Waals surface area contributed by atoms with E-state index in [4.69, 9.17) is 0 Å². The van der Waals surface area contributed by atoms with Crippen LogP contribution < -0.4 is 0 Å². The third-order valence-electron chi connectivity index (χ3n) is 8.06. The van der Waals surface area contributed by atoms with Crippen LogP contribution in [0.2, 0.25) is 0 Å². The highest BCUT2D eigenvalue weighted by molar-refractivity contribution is 7.92. The van der Waals surface area contributed by atoms with Gasteiger partial charge in [-0.1, -0.05) is 30.7 Å². The molecule has 0 aliphatic heterocycles. The molecular formula is C28H31FN2O3S. The van der Waals surface area contributed by atoms with Crippen molar-refractivity contribution in [3.63, 3.8) is 0 Å². The van der Waals surface area contributed by atoms with Crippen LogP contribution in [0.4, 0.5) is 4.39 Å². The molecule has 3 aromatic rings. The Morgan fingerprint density at radius 3 is 2.57 bits per heavy atom. The molecule has 184 valence electrons. The first-order valence-electron chi connectivity index (χ1n) is 12.1. The highest BCUT2D eigenvalue weighted by atomic mass is 32.2. The Balaban J connectivity index is 1.43. The lowest BCUT2D eigenvalue weighted by atomic mass is 9.65. The number of benzene rings is 2. The van der Waals surface area contributed by atoms with Gasteiger partial charge in [-0.2, -0.15) is 5.10 Å². The van der Waals surface area contributed by atoms with E-state index in [0.29, 0.717) is 30.6 Å². The molecule has 5 nitrogen and oxygen atoms in total. The van der Waals surface area contributed by atoms with Gasteiger partial charge in [-0.05, 0) is 93.5 Å². The molecule has 1 fully saturated rings. The molecule has 0 radical (unpaired) electrons. The zero-order valence-corrected chi connectivity index (χ0v) is 21.1. The number of aliphatic hydroxyl groups is 1. The predicted molar refractivity (Wildman–Crippen MR) is 135 cm³/mol. The smallest absolute Gasteiger partial charge is 0.180 e. The van der Waals surface area contributed by atoms with Gasteiger partial charge in [0, 0.05) is 5.41 Å². The Morgan fingerprint density at radius 2 is 1.86 bits per heavy atom. The van der Waals surface area contributed by atoms with E-state index in [1.165, 1.54) is 17.7 Å². The molecule has 5 rings (SSSR count). The van der Waals surface area contributed by atoms with Crippen molar-refractivity contribution in [2.24, 2.45) is 5.41 Å². The number of aryl methyl sites for hydroxylation is 1. The molecule has 1 aromatic heterocycles. The first kappa shape index (κ1) is 23.9. The molecule has 1 heterocycles. The van der Waals surface area contributed by atoms with Crippen molar-refractivity contribution in [2.75, 3.05) is 0 Å². The van der Waals surface area contributed by atoms with Crippen molar-refractivity contribution in [3.8, 4) is 5.69 Å². The van der Waals surface area contributed by atoms with Crippen molar-refractivity contribution in [2.45, 2.75) is 68.6 Å². The molecule has 0 amide bonds. The molecule has 35 heavy (non-hydrogen) atoms. The van der Waals surface area contributed by atoms with E-state index in [9.17, 15) is 17.9 Å². The van der Waals surface area contributed by atoms with E-state index < -0.39 is 26.1 Å². The summed E-state index contributed by atoms with van der Waals surface area (Å²) in [5.41, 5.74) is 3.34. The molecule has 1 saturated carbocycles. The maximum absolute atomic E-state index is 13.4. The monoisotopic (exact) mass is 494 g/mol. The average Bonchev–Trinajstić information content (AvgIpc) is 3.34. The minimum absolute atomic E-state index is 0.288. The second kappa shape index (κ2) is 8.42. The van der Waals surface area contributed by atoms with Gasteiger partial charge in [0.05, 0.1) is 33.3 Å². The van der Waals surface area contributed by atoms with E-state index >= 15 is 0 Å². The Kier molecular flexibility index (Phi) is 5.76. The zero-order chi connectivity index (χ0) is 25.0. The molecular weight excluding hydrogens is 463 g/mol. The third kappa shape index (κ3) is 3.85. The zero-order valence-electron chi connectivity index (χ0n) is 20.3. The van der Waals surface area contributed by atoms with Crippen molar-refractivity contribution in [1.29, 1.82) is 0 Å². The molecule has 2 aromatic carbocycles. The average molecular weight is 495 g/mol. The minimum atomic E-state index is -3.41. The van der Waals surface area contributed by atoms with Gasteiger partial charge in [-0.15, -0.1) is 0 Å². The predicted octanol–water partition coefficient (Wildman–Crippen LogP) is 5.30. The maximum Gasteiger partial charge on any atom is 0.180 e. The molecule has 2 aliphatic rings. The molecule has 2 atom stereocenters. The van der Waals surface area contributed by atoms with Gasteiger partial charge in [0.1, 0.15) is 5.82 Å². The molecule has 0 bridgehead atoms. The number of halogens is 1. The molecule has 0 saturated heterocycles. The second-order valence-corrected chi connectivity index (χ2v) is 12.8. The first-order valence-corrected chi connectivity index (χ1v) is 13.7. The largest absolute Gasteiger partial charge is 0.389 e. The molecule has 1 N–H and O–H groups in total. The van der Waals surface area contributed by atoms with E-state index in [1.54, 1.807) is 38.1 Å². The van der Waals surface area contributed by atoms with E-state index in [1.807, 2.05) is 23.0 Å². The van der Waals surface area contributed by atoms with Crippen LogP contribution in [0.25, 0.3) is 11.8 Å². The van der Waals surface area contributed by atoms with Gasteiger partial charge in [0.25, 0.3) is 0 Å². The quantitative estimate of drug-likeness (QED) is 0.505. The summed E-state index contributed by atoms with van der Waals surface area (Å²) < 4.78 is 41.0. The Morgan fingerprint density at radius 1 is 1.14 bits per heavy atom. The highest BCUT2D eigenvalue weighted by Crippen LogP contribution is 2.57. The molecule has 2 aliphatic carbocycles. The third-order valence-corrected chi connectivity index (χ3v) is 10.3. The number of hydrogen-bond donors (Lipinski definition) is 1. The van der Waals surface area contributed by atoms with Crippen molar-refractivity contribution in [1.82, 2.24) is 9.78 Å². The lowest BCUT2D eigenvalue weighted by molar-refractivity contribution is -0.0462. The van der Waals surface area contributed by atoms with Crippen LogP contribution in [0.1, 0.15) is 56.9 Å². The van der Waals surface area contributed by atoms with Gasteiger partial charge in [0.2, 0.25) is 0 Å². The number of rotatable bonds is 6. The summed E-state index contributed by atoms with van der Waals surface area (Å²) in [5.74, 6) is -0.288. The topological polar surface area (TPSA) is 72.2 Å². The summed E-state index contributed by atoms with van der Waals surface area (Å²) in [7, 11) is -3.41. The second-order valence-electron chi connectivity index (χ2n) is 10.4. The van der Waals surface area contributed by atoms with Crippen LogP contribution in [0, 0.1) is 11.2 Å². The van der Waals surface area contributed by atoms with Crippen LogP contribution in [0.15, 0.2) is 65.2 Å². The van der Waals surface area contributed by atoms with Gasteiger partial charge >= 0.3 is 0 Å². The fourth-order valence-electron chi connectivity index (χ4n) is 5.70. The van der Waals surface area contributed by atoms with Gasteiger partial charge < -0.3 is 5.11 Å². The molecule has 0 spiro atoms. The van der Waals surface area contributed by atoms with Crippen molar-refractivity contribution < 1.29 is 17.9 Å².